The summed E-state index contributed by atoms with van der Waals surface area (Å²) >= 11 is 0. The van der Waals surface area contributed by atoms with Gasteiger partial charge in [-0.05, 0) is 18.2 Å². The number of rotatable bonds is 3. The van der Waals surface area contributed by atoms with Gasteiger partial charge in [-0.15, -0.1) is 13.2 Å². The van der Waals surface area contributed by atoms with Crippen LogP contribution < -0.4 is 5.73 Å². The summed E-state index contributed by atoms with van der Waals surface area (Å²) in [5.74, 6) is 0.504. The summed E-state index contributed by atoms with van der Waals surface area (Å²) in [5.41, 5.74) is 3.79. The highest BCUT2D eigenvalue weighted by atomic mass is 19.4. The molecule has 86 valence electrons. The first-order valence-corrected chi connectivity index (χ1v) is 4.31. The zero-order chi connectivity index (χ0) is 11.5. The van der Waals surface area contributed by atoms with Crippen LogP contribution in [0.25, 0.3) is 0 Å². The maximum absolute atomic E-state index is 12.1. The van der Waals surface area contributed by atoms with Crippen LogP contribution in [0.1, 0.15) is 6.42 Å². The highest BCUT2D eigenvalue weighted by Gasteiger charge is 2.41. The lowest BCUT2D eigenvalue weighted by Crippen LogP contribution is -2.43. The number of ether oxygens (including phenoxy) is 2. The summed E-state index contributed by atoms with van der Waals surface area (Å²) in [6.45, 7) is -0.240. The largest absolute Gasteiger partial charge is 0.523 e. The van der Waals surface area contributed by atoms with Gasteiger partial charge in [-0.3, -0.25) is 4.74 Å². The third-order valence-electron chi connectivity index (χ3n) is 2.10. The molecule has 1 unspecified atom stereocenters. The Balaban J connectivity index is 2.75. The van der Waals surface area contributed by atoms with Crippen LogP contribution in [0.5, 0.6) is 0 Å². The van der Waals surface area contributed by atoms with E-state index in [1.807, 2.05) is 0 Å². The molecule has 15 heavy (non-hydrogen) atoms. The summed E-state index contributed by atoms with van der Waals surface area (Å²) in [7, 11) is 1.44. The first kappa shape index (κ1) is 12.1. The van der Waals surface area contributed by atoms with Crippen molar-refractivity contribution in [2.24, 2.45) is 5.73 Å². The van der Waals surface area contributed by atoms with Crippen molar-refractivity contribution in [3.05, 3.63) is 24.0 Å². The zero-order valence-corrected chi connectivity index (χ0v) is 8.17. The topological polar surface area (TPSA) is 44.5 Å². The highest BCUT2D eigenvalue weighted by Crippen LogP contribution is 2.31. The van der Waals surface area contributed by atoms with E-state index in [2.05, 4.69) is 4.74 Å². The number of alkyl halides is 3. The van der Waals surface area contributed by atoms with Gasteiger partial charge >= 0.3 is 6.36 Å². The SMILES string of the molecule is COC1=CCC(CN)(OC(F)(F)F)C=C1. The van der Waals surface area contributed by atoms with E-state index >= 15 is 0 Å². The second-order valence-electron chi connectivity index (χ2n) is 3.16. The molecule has 0 saturated heterocycles. The summed E-state index contributed by atoms with van der Waals surface area (Å²) in [6.07, 6.45) is -0.440. The molecule has 0 heterocycles. The van der Waals surface area contributed by atoms with E-state index < -0.39 is 12.0 Å². The fraction of sp³-hybridized carbons (Fsp3) is 0.556. The summed E-state index contributed by atoms with van der Waals surface area (Å²) in [4.78, 5) is 0. The predicted octanol–water partition coefficient (Wildman–Crippen LogP) is 1.71. The van der Waals surface area contributed by atoms with E-state index in [-0.39, 0.29) is 13.0 Å². The van der Waals surface area contributed by atoms with Crippen molar-refractivity contribution in [2.45, 2.75) is 18.4 Å². The lowest BCUT2D eigenvalue weighted by Gasteiger charge is -2.31. The maximum atomic E-state index is 12.1. The van der Waals surface area contributed by atoms with E-state index in [9.17, 15) is 13.2 Å². The van der Waals surface area contributed by atoms with Crippen molar-refractivity contribution < 1.29 is 22.6 Å². The molecule has 0 aromatic heterocycles. The number of halogens is 3. The van der Waals surface area contributed by atoms with Gasteiger partial charge in [-0.2, -0.15) is 0 Å². The van der Waals surface area contributed by atoms with Gasteiger partial charge in [0.05, 0.1) is 7.11 Å². The van der Waals surface area contributed by atoms with Crippen molar-refractivity contribution in [1.29, 1.82) is 0 Å². The number of methoxy groups -OCH3 is 1. The van der Waals surface area contributed by atoms with Crippen LogP contribution >= 0.6 is 0 Å². The molecule has 0 aromatic carbocycles. The van der Waals surface area contributed by atoms with Crippen LogP contribution in [0.3, 0.4) is 0 Å². The zero-order valence-electron chi connectivity index (χ0n) is 8.17. The minimum Gasteiger partial charge on any atom is -0.497 e. The molecule has 0 aliphatic heterocycles. The molecule has 0 aromatic rings. The van der Waals surface area contributed by atoms with Crippen LogP contribution in [0, 0.1) is 0 Å². The fourth-order valence-corrected chi connectivity index (χ4v) is 1.29. The van der Waals surface area contributed by atoms with E-state index in [0.717, 1.165) is 0 Å². The molecule has 3 nitrogen and oxygen atoms in total. The van der Waals surface area contributed by atoms with Crippen LogP contribution in [0.2, 0.25) is 0 Å². The number of hydrogen-bond donors (Lipinski definition) is 1. The third kappa shape index (κ3) is 3.24. The average molecular weight is 223 g/mol. The quantitative estimate of drug-likeness (QED) is 0.792. The Hall–Kier alpha value is -1.01. The molecule has 2 N–H and O–H groups in total. The molecule has 0 bridgehead atoms. The van der Waals surface area contributed by atoms with Crippen LogP contribution in [-0.4, -0.2) is 25.6 Å². The fourth-order valence-electron chi connectivity index (χ4n) is 1.29. The van der Waals surface area contributed by atoms with Gasteiger partial charge in [0.15, 0.2) is 0 Å². The Kier molecular flexibility index (Phi) is 3.41. The predicted molar refractivity (Wildman–Crippen MR) is 47.8 cm³/mol. The minimum atomic E-state index is -4.69. The monoisotopic (exact) mass is 223 g/mol. The van der Waals surface area contributed by atoms with E-state index in [1.54, 1.807) is 0 Å². The molecule has 0 amide bonds. The molecule has 1 atom stereocenters. The Bertz CT molecular complexity index is 286. The Morgan fingerprint density at radius 2 is 2.20 bits per heavy atom. The van der Waals surface area contributed by atoms with E-state index in [0.29, 0.717) is 5.76 Å². The van der Waals surface area contributed by atoms with Gasteiger partial charge in [0, 0.05) is 13.0 Å². The number of hydrogen-bond acceptors (Lipinski definition) is 3. The van der Waals surface area contributed by atoms with Crippen LogP contribution in [0.15, 0.2) is 24.0 Å². The number of allylic oxidation sites excluding steroid dienone is 1. The van der Waals surface area contributed by atoms with Gasteiger partial charge in [0.1, 0.15) is 11.4 Å². The third-order valence-corrected chi connectivity index (χ3v) is 2.10. The Labute approximate surface area is 85.3 Å². The Morgan fingerprint density at radius 3 is 2.53 bits per heavy atom. The lowest BCUT2D eigenvalue weighted by molar-refractivity contribution is -0.356. The lowest BCUT2D eigenvalue weighted by atomic mass is 9.94. The van der Waals surface area contributed by atoms with Crippen molar-refractivity contribution in [3.8, 4) is 0 Å². The maximum Gasteiger partial charge on any atom is 0.523 e. The molecule has 1 aliphatic rings. The van der Waals surface area contributed by atoms with Gasteiger partial charge in [0.2, 0.25) is 0 Å². The Morgan fingerprint density at radius 1 is 1.53 bits per heavy atom. The molecule has 0 radical (unpaired) electrons. The first-order chi connectivity index (χ1) is 6.91. The van der Waals surface area contributed by atoms with Crippen molar-refractivity contribution in [1.82, 2.24) is 0 Å². The van der Waals surface area contributed by atoms with Gasteiger partial charge in [-0.25, -0.2) is 0 Å². The van der Waals surface area contributed by atoms with E-state index in [1.165, 1.54) is 25.3 Å². The minimum absolute atomic E-state index is 0.0443. The normalized spacial score (nSPS) is 26.3. The van der Waals surface area contributed by atoms with E-state index in [4.69, 9.17) is 10.5 Å². The smallest absolute Gasteiger partial charge is 0.497 e. The van der Waals surface area contributed by atoms with Crippen molar-refractivity contribution >= 4 is 0 Å². The van der Waals surface area contributed by atoms with Gasteiger partial charge in [0.25, 0.3) is 0 Å². The van der Waals surface area contributed by atoms with Crippen molar-refractivity contribution in [2.75, 3.05) is 13.7 Å². The van der Waals surface area contributed by atoms with Gasteiger partial charge < -0.3 is 10.5 Å². The average Bonchev–Trinajstić information content (AvgIpc) is 2.16. The van der Waals surface area contributed by atoms with Gasteiger partial charge in [-0.1, -0.05) is 0 Å². The van der Waals surface area contributed by atoms with Crippen LogP contribution in [-0.2, 0) is 9.47 Å². The summed E-state index contributed by atoms with van der Waals surface area (Å²) < 4.78 is 45.1. The van der Waals surface area contributed by atoms with Crippen LogP contribution in [0.4, 0.5) is 13.2 Å². The van der Waals surface area contributed by atoms with Crippen molar-refractivity contribution in [3.63, 3.8) is 0 Å². The second kappa shape index (κ2) is 4.24. The first-order valence-electron chi connectivity index (χ1n) is 4.31. The molecule has 0 fully saturated rings. The highest BCUT2D eigenvalue weighted by molar-refractivity contribution is 5.24. The molecular formula is C9H12F3NO2. The number of nitrogens with two attached hydrogens (primary N) is 1. The summed E-state index contributed by atoms with van der Waals surface area (Å²) in [6, 6.07) is 0. The molecular weight excluding hydrogens is 211 g/mol. The molecule has 0 saturated carbocycles. The molecule has 6 heteroatoms. The summed E-state index contributed by atoms with van der Waals surface area (Å²) in [5, 5.41) is 0. The molecule has 1 rings (SSSR count). The molecule has 0 spiro atoms. The standard InChI is InChI=1S/C9H12F3NO2/c1-14-7-2-4-8(6-13,5-3-7)15-9(10,11)12/h2-4H,5-6,13H2,1H3. The second-order valence-corrected chi connectivity index (χ2v) is 3.16. The molecule has 1 aliphatic carbocycles.